The molecule has 8 nitrogen and oxygen atoms in total. The summed E-state index contributed by atoms with van der Waals surface area (Å²) in [7, 11) is 0. The summed E-state index contributed by atoms with van der Waals surface area (Å²) in [6.45, 7) is 11.0. The molecule has 0 radical (unpaired) electrons. The first-order chi connectivity index (χ1) is 18.9. The summed E-state index contributed by atoms with van der Waals surface area (Å²) in [5, 5.41) is 20.4. The predicted octanol–water partition coefficient (Wildman–Crippen LogP) is 4.96. The molecular weight excluding hydrogens is 508 g/mol. The number of nitrogens with zero attached hydrogens (tertiary/aromatic N) is 4. The molecule has 5 heterocycles. The first-order valence-electron chi connectivity index (χ1n) is 13.5. The highest BCUT2D eigenvalue weighted by Crippen LogP contribution is 2.31. The van der Waals surface area contributed by atoms with Crippen LogP contribution in [0.2, 0.25) is 0 Å². The molecule has 0 aromatic carbocycles. The maximum absolute atomic E-state index is 13.4. The van der Waals surface area contributed by atoms with E-state index in [2.05, 4.69) is 40.9 Å². The molecule has 3 N–H and O–H groups in total. The van der Waals surface area contributed by atoms with Crippen molar-refractivity contribution in [3.8, 4) is 11.3 Å². The maximum Gasteiger partial charge on any atom is 0.255 e. The number of carbonyl (C=O) groups excluding carboxylic acids is 1. The second-order valence-electron chi connectivity index (χ2n) is 10.5. The van der Waals surface area contributed by atoms with Gasteiger partial charge in [-0.15, -0.1) is 0 Å². The lowest BCUT2D eigenvalue weighted by molar-refractivity contribution is 0.0952. The number of nitrogens with one attached hydrogen (secondary N) is 2. The number of hydrogen-bond donors (Lipinski definition) is 3. The van der Waals surface area contributed by atoms with E-state index < -0.39 is 0 Å². The van der Waals surface area contributed by atoms with E-state index in [1.807, 2.05) is 51.8 Å². The van der Waals surface area contributed by atoms with E-state index in [0.29, 0.717) is 29.4 Å². The Labute approximate surface area is 233 Å². The van der Waals surface area contributed by atoms with E-state index >= 15 is 0 Å². The number of anilines is 1. The van der Waals surface area contributed by atoms with Crippen LogP contribution in [0.15, 0.2) is 60.1 Å². The number of aromatic nitrogens is 3. The van der Waals surface area contributed by atoms with Crippen LogP contribution in [0.3, 0.4) is 0 Å². The van der Waals surface area contributed by atoms with Crippen molar-refractivity contribution in [1.29, 1.82) is 0 Å². The van der Waals surface area contributed by atoms with Crippen LogP contribution in [-0.4, -0.2) is 51.1 Å². The number of hydrogen-bond acceptors (Lipinski definition) is 7. The zero-order chi connectivity index (χ0) is 27.4. The van der Waals surface area contributed by atoms with Crippen LogP contribution in [0.4, 0.5) is 5.82 Å². The monoisotopic (exact) mass is 544 g/mol. The second-order valence-corrected chi connectivity index (χ2v) is 11.2. The van der Waals surface area contributed by atoms with Crippen molar-refractivity contribution in [1.82, 2.24) is 25.0 Å². The number of fused-ring (bicyclic) bond motifs is 1. The number of pyridine rings is 2. The Morgan fingerprint density at radius 1 is 1.21 bits per heavy atom. The number of rotatable bonds is 11. The van der Waals surface area contributed by atoms with Gasteiger partial charge in [0.05, 0.1) is 29.3 Å². The zero-order valence-electron chi connectivity index (χ0n) is 22.6. The number of imidazole rings is 1. The molecule has 1 saturated heterocycles. The van der Waals surface area contributed by atoms with Gasteiger partial charge in [0.1, 0.15) is 5.82 Å². The molecule has 1 amide bonds. The van der Waals surface area contributed by atoms with Crippen molar-refractivity contribution in [2.75, 3.05) is 24.6 Å². The fourth-order valence-electron chi connectivity index (χ4n) is 5.13. The number of carbonyl (C=O) groups is 1. The minimum absolute atomic E-state index is 0.00322. The van der Waals surface area contributed by atoms with E-state index in [0.717, 1.165) is 47.8 Å². The predicted molar refractivity (Wildman–Crippen MR) is 158 cm³/mol. The van der Waals surface area contributed by atoms with Gasteiger partial charge in [-0.1, -0.05) is 26.5 Å². The lowest BCUT2D eigenvalue weighted by Gasteiger charge is -2.21. The molecule has 39 heavy (non-hydrogen) atoms. The van der Waals surface area contributed by atoms with Crippen LogP contribution in [0.1, 0.15) is 54.7 Å². The van der Waals surface area contributed by atoms with Crippen LogP contribution in [0.25, 0.3) is 22.6 Å². The molecule has 0 saturated carbocycles. The van der Waals surface area contributed by atoms with Gasteiger partial charge in [0.15, 0.2) is 5.65 Å². The molecular formula is C30H36N6O2S. The first-order valence-corrected chi connectivity index (χ1v) is 14.5. The summed E-state index contributed by atoms with van der Waals surface area (Å²) in [4.78, 5) is 25.2. The average molecular weight is 545 g/mol. The normalized spacial score (nSPS) is 14.2. The van der Waals surface area contributed by atoms with Gasteiger partial charge in [0.25, 0.3) is 5.91 Å². The standard InChI is InChI=1S/C30H36N6O2S/c1-20(2)15-24(18-37)33-21(3)28-27(23-10-14-39-19-23)34-29-25(7-6-13-36(28)29)30(38)32-17-22-8-9-26(31-16-22)35-11-4-5-12-35/h6-10,13-14,16,19-20,24,33,37H,3-5,11-12,15,17-18H2,1-2H3,(H,32,38)/t24-/m1/s1. The zero-order valence-corrected chi connectivity index (χ0v) is 23.4. The van der Waals surface area contributed by atoms with E-state index in [1.165, 1.54) is 12.8 Å². The van der Waals surface area contributed by atoms with Gasteiger partial charge in [0, 0.05) is 49.0 Å². The number of aliphatic hydroxyl groups excluding tert-OH is 1. The van der Waals surface area contributed by atoms with Crippen molar-refractivity contribution in [2.24, 2.45) is 5.92 Å². The Hall–Kier alpha value is -3.69. The minimum atomic E-state index is -0.204. The molecule has 1 aliphatic rings. The molecule has 1 aliphatic heterocycles. The Kier molecular flexibility index (Phi) is 8.28. The lowest BCUT2D eigenvalue weighted by Crippen LogP contribution is -2.32. The van der Waals surface area contributed by atoms with Crippen molar-refractivity contribution in [3.63, 3.8) is 0 Å². The minimum Gasteiger partial charge on any atom is -0.394 e. The van der Waals surface area contributed by atoms with E-state index in [-0.39, 0.29) is 18.6 Å². The third-order valence-electron chi connectivity index (χ3n) is 7.02. The van der Waals surface area contributed by atoms with Gasteiger partial charge in [-0.05, 0) is 60.4 Å². The van der Waals surface area contributed by atoms with Gasteiger partial charge >= 0.3 is 0 Å². The Bertz CT molecular complexity index is 1420. The molecule has 4 aromatic rings. The van der Waals surface area contributed by atoms with Crippen LogP contribution >= 0.6 is 11.3 Å². The van der Waals surface area contributed by atoms with Crippen molar-refractivity contribution >= 4 is 34.4 Å². The quantitative estimate of drug-likeness (QED) is 0.247. The Morgan fingerprint density at radius 3 is 2.69 bits per heavy atom. The number of amides is 1. The molecule has 4 aromatic heterocycles. The topological polar surface area (TPSA) is 94.8 Å². The summed E-state index contributed by atoms with van der Waals surface area (Å²) in [5.74, 6) is 1.20. The fraction of sp³-hybridized carbons (Fsp3) is 0.367. The summed E-state index contributed by atoms with van der Waals surface area (Å²) in [6.07, 6.45) is 6.95. The van der Waals surface area contributed by atoms with E-state index in [4.69, 9.17) is 4.98 Å². The first kappa shape index (κ1) is 26.9. The lowest BCUT2D eigenvalue weighted by atomic mass is 10.0. The van der Waals surface area contributed by atoms with Gasteiger partial charge in [-0.3, -0.25) is 9.20 Å². The van der Waals surface area contributed by atoms with Gasteiger partial charge < -0.3 is 20.6 Å². The van der Waals surface area contributed by atoms with E-state index in [1.54, 1.807) is 17.4 Å². The largest absolute Gasteiger partial charge is 0.394 e. The molecule has 0 bridgehead atoms. The van der Waals surface area contributed by atoms with Crippen LogP contribution < -0.4 is 15.5 Å². The highest BCUT2D eigenvalue weighted by molar-refractivity contribution is 7.08. The van der Waals surface area contributed by atoms with Crippen LogP contribution in [-0.2, 0) is 6.54 Å². The van der Waals surface area contributed by atoms with Crippen molar-refractivity contribution < 1.29 is 9.90 Å². The highest BCUT2D eigenvalue weighted by Gasteiger charge is 2.23. The number of aliphatic hydroxyl groups is 1. The summed E-state index contributed by atoms with van der Waals surface area (Å²) < 4.78 is 1.91. The maximum atomic E-state index is 13.4. The smallest absolute Gasteiger partial charge is 0.255 e. The molecule has 0 unspecified atom stereocenters. The highest BCUT2D eigenvalue weighted by atomic mass is 32.1. The summed E-state index contributed by atoms with van der Waals surface area (Å²) in [5.41, 5.74) is 5.13. The molecule has 1 fully saturated rings. The summed E-state index contributed by atoms with van der Waals surface area (Å²) in [6, 6.07) is 9.57. The molecule has 5 rings (SSSR count). The van der Waals surface area contributed by atoms with Gasteiger partial charge in [0.2, 0.25) is 0 Å². The van der Waals surface area contributed by atoms with Crippen molar-refractivity contribution in [2.45, 2.75) is 45.7 Å². The average Bonchev–Trinajstić information content (AvgIpc) is 3.72. The van der Waals surface area contributed by atoms with E-state index in [9.17, 15) is 9.90 Å². The SMILES string of the molecule is C=C(N[C@@H](CO)CC(C)C)c1c(-c2ccsc2)nc2c(C(=O)NCc3ccc(N4CCCC4)nc3)cccn12. The Balaban J connectivity index is 1.40. The molecule has 0 aliphatic carbocycles. The van der Waals surface area contributed by atoms with Gasteiger partial charge in [-0.25, -0.2) is 9.97 Å². The van der Waals surface area contributed by atoms with Crippen LogP contribution in [0, 0.1) is 5.92 Å². The third kappa shape index (κ3) is 5.99. The second kappa shape index (κ2) is 12.0. The molecule has 1 atom stereocenters. The third-order valence-corrected chi connectivity index (χ3v) is 7.71. The number of thiophene rings is 1. The van der Waals surface area contributed by atoms with Crippen LogP contribution in [0.5, 0.6) is 0 Å². The molecule has 204 valence electrons. The van der Waals surface area contributed by atoms with Crippen molar-refractivity contribution in [3.05, 3.63) is 76.9 Å². The summed E-state index contributed by atoms with van der Waals surface area (Å²) >= 11 is 1.59. The molecule has 0 spiro atoms. The fourth-order valence-corrected chi connectivity index (χ4v) is 5.77. The van der Waals surface area contributed by atoms with Gasteiger partial charge in [-0.2, -0.15) is 11.3 Å². The molecule has 9 heteroatoms. The Morgan fingerprint density at radius 2 is 2.03 bits per heavy atom.